The largest absolute Gasteiger partial charge is 0.497 e. The summed E-state index contributed by atoms with van der Waals surface area (Å²) in [7, 11) is 1.68. The minimum Gasteiger partial charge on any atom is -0.497 e. The molecule has 1 aliphatic heterocycles. The number of rotatable bonds is 8. The van der Waals surface area contributed by atoms with Crippen LogP contribution in [0.1, 0.15) is 57.6 Å². The molecule has 8 nitrogen and oxygen atoms in total. The monoisotopic (exact) mass is 444 g/mol. The number of amides is 1. The highest BCUT2D eigenvalue weighted by Gasteiger charge is 2.31. The SMILES string of the molecule is COc1ccc(CN2Cc3cc(COC[C@H](C)N(C(=O)O)C(C)(C)C)nn3C(C)C2)cc1. The van der Waals surface area contributed by atoms with E-state index < -0.39 is 11.6 Å². The van der Waals surface area contributed by atoms with E-state index in [1.807, 2.05) is 39.8 Å². The van der Waals surface area contributed by atoms with Gasteiger partial charge >= 0.3 is 6.09 Å². The van der Waals surface area contributed by atoms with Gasteiger partial charge < -0.3 is 14.6 Å². The van der Waals surface area contributed by atoms with Gasteiger partial charge in [0.15, 0.2) is 0 Å². The van der Waals surface area contributed by atoms with Gasteiger partial charge in [-0.25, -0.2) is 4.79 Å². The van der Waals surface area contributed by atoms with Gasteiger partial charge in [-0.05, 0) is 58.4 Å². The van der Waals surface area contributed by atoms with Gasteiger partial charge in [-0.1, -0.05) is 12.1 Å². The van der Waals surface area contributed by atoms with Crippen LogP contribution in [-0.2, 0) is 24.4 Å². The molecule has 2 heterocycles. The summed E-state index contributed by atoms with van der Waals surface area (Å²) in [4.78, 5) is 15.5. The number of nitrogens with zero attached hydrogens (tertiary/aromatic N) is 4. The van der Waals surface area contributed by atoms with Gasteiger partial charge in [0.05, 0.1) is 43.8 Å². The predicted octanol–water partition coefficient (Wildman–Crippen LogP) is 4.15. The van der Waals surface area contributed by atoms with Gasteiger partial charge in [0.2, 0.25) is 0 Å². The summed E-state index contributed by atoms with van der Waals surface area (Å²) in [6.45, 7) is 13.0. The highest BCUT2D eigenvalue weighted by molar-refractivity contribution is 5.66. The summed E-state index contributed by atoms with van der Waals surface area (Å²) in [6, 6.07) is 10.3. The molecule has 1 aromatic heterocycles. The average Bonchev–Trinajstić information content (AvgIpc) is 3.10. The summed E-state index contributed by atoms with van der Waals surface area (Å²) in [5.41, 5.74) is 2.82. The number of benzene rings is 1. The van der Waals surface area contributed by atoms with E-state index in [0.29, 0.717) is 13.2 Å². The Bertz CT molecular complexity index is 904. The molecule has 2 aromatic rings. The van der Waals surface area contributed by atoms with Crippen LogP contribution in [-0.4, -0.2) is 62.6 Å². The number of ether oxygens (including phenoxy) is 2. The van der Waals surface area contributed by atoms with Crippen molar-refractivity contribution in [3.8, 4) is 5.75 Å². The molecule has 1 amide bonds. The van der Waals surface area contributed by atoms with E-state index in [4.69, 9.17) is 14.6 Å². The number of methoxy groups -OCH3 is 1. The Morgan fingerprint density at radius 2 is 2.00 bits per heavy atom. The van der Waals surface area contributed by atoms with E-state index in [2.05, 4.69) is 34.7 Å². The summed E-state index contributed by atoms with van der Waals surface area (Å²) >= 11 is 0. The maximum Gasteiger partial charge on any atom is 0.408 e. The highest BCUT2D eigenvalue weighted by Crippen LogP contribution is 2.24. The maximum atomic E-state index is 11.6. The second-order valence-electron chi connectivity index (χ2n) is 9.63. The Labute approximate surface area is 190 Å². The molecule has 3 rings (SSSR count). The summed E-state index contributed by atoms with van der Waals surface area (Å²) in [6.07, 6.45) is -0.933. The first-order chi connectivity index (χ1) is 15.1. The molecule has 0 saturated carbocycles. The zero-order valence-corrected chi connectivity index (χ0v) is 20.0. The van der Waals surface area contributed by atoms with Gasteiger partial charge in [-0.2, -0.15) is 5.10 Å². The third kappa shape index (κ3) is 5.81. The fourth-order valence-electron chi connectivity index (χ4n) is 4.46. The molecule has 0 fully saturated rings. The van der Waals surface area contributed by atoms with Crippen LogP contribution in [0.15, 0.2) is 30.3 Å². The van der Waals surface area contributed by atoms with E-state index in [1.54, 1.807) is 7.11 Å². The lowest BCUT2D eigenvalue weighted by molar-refractivity contribution is 0.0208. The van der Waals surface area contributed by atoms with Crippen LogP contribution in [0.2, 0.25) is 0 Å². The Balaban J connectivity index is 1.57. The third-order valence-corrected chi connectivity index (χ3v) is 5.73. The molecular weight excluding hydrogens is 408 g/mol. The molecule has 1 unspecified atom stereocenters. The van der Waals surface area contributed by atoms with Crippen molar-refractivity contribution in [1.82, 2.24) is 19.6 Å². The second kappa shape index (κ2) is 9.92. The van der Waals surface area contributed by atoms with Crippen LogP contribution in [0.3, 0.4) is 0 Å². The van der Waals surface area contributed by atoms with Gasteiger partial charge in [0, 0.05) is 25.2 Å². The van der Waals surface area contributed by atoms with Crippen molar-refractivity contribution >= 4 is 6.09 Å². The number of carbonyl (C=O) groups is 1. The molecule has 2 atom stereocenters. The molecule has 0 radical (unpaired) electrons. The number of hydrogen-bond donors (Lipinski definition) is 1. The third-order valence-electron chi connectivity index (χ3n) is 5.73. The molecule has 176 valence electrons. The molecular formula is C24H36N4O4. The Morgan fingerprint density at radius 1 is 1.31 bits per heavy atom. The van der Waals surface area contributed by atoms with Crippen LogP contribution >= 0.6 is 0 Å². The minimum absolute atomic E-state index is 0.247. The Morgan fingerprint density at radius 3 is 2.59 bits per heavy atom. The van der Waals surface area contributed by atoms with Gasteiger partial charge in [0.1, 0.15) is 5.75 Å². The molecule has 0 saturated heterocycles. The van der Waals surface area contributed by atoms with E-state index in [9.17, 15) is 9.90 Å². The molecule has 1 N–H and O–H groups in total. The molecule has 8 heteroatoms. The molecule has 0 spiro atoms. The van der Waals surface area contributed by atoms with Crippen LogP contribution in [0, 0.1) is 0 Å². The smallest absolute Gasteiger partial charge is 0.408 e. The highest BCUT2D eigenvalue weighted by atomic mass is 16.5. The van der Waals surface area contributed by atoms with Crippen molar-refractivity contribution in [3.05, 3.63) is 47.3 Å². The lowest BCUT2D eigenvalue weighted by Gasteiger charge is -2.37. The fraction of sp³-hybridized carbons (Fsp3) is 0.583. The molecule has 1 aliphatic rings. The van der Waals surface area contributed by atoms with Gasteiger partial charge in [-0.15, -0.1) is 0 Å². The van der Waals surface area contributed by atoms with Crippen molar-refractivity contribution in [2.45, 2.75) is 71.9 Å². The second-order valence-corrected chi connectivity index (χ2v) is 9.63. The topological polar surface area (TPSA) is 80.1 Å². The van der Waals surface area contributed by atoms with Crippen molar-refractivity contribution in [3.63, 3.8) is 0 Å². The number of fused-ring (bicyclic) bond motifs is 1. The van der Waals surface area contributed by atoms with Gasteiger partial charge in [0.25, 0.3) is 0 Å². The van der Waals surface area contributed by atoms with Crippen LogP contribution in [0.5, 0.6) is 5.75 Å². The predicted molar refractivity (Wildman–Crippen MR) is 123 cm³/mol. The normalized spacial score (nSPS) is 17.6. The molecule has 0 bridgehead atoms. The molecule has 32 heavy (non-hydrogen) atoms. The summed E-state index contributed by atoms with van der Waals surface area (Å²) < 4.78 is 13.2. The van der Waals surface area contributed by atoms with E-state index in [0.717, 1.165) is 31.1 Å². The lowest BCUT2D eigenvalue weighted by Crippen LogP contribution is -2.51. The van der Waals surface area contributed by atoms with Crippen molar-refractivity contribution in [2.75, 3.05) is 20.3 Å². The van der Waals surface area contributed by atoms with E-state index in [-0.39, 0.29) is 12.1 Å². The first-order valence-electron chi connectivity index (χ1n) is 11.1. The number of carboxylic acid groups (broad SMARTS) is 1. The first kappa shape index (κ1) is 24.1. The van der Waals surface area contributed by atoms with Gasteiger partial charge in [-0.3, -0.25) is 14.5 Å². The van der Waals surface area contributed by atoms with Crippen LogP contribution in [0.4, 0.5) is 4.79 Å². The molecule has 0 aliphatic carbocycles. The average molecular weight is 445 g/mol. The van der Waals surface area contributed by atoms with E-state index in [1.165, 1.54) is 16.2 Å². The fourth-order valence-corrected chi connectivity index (χ4v) is 4.46. The standard InChI is InChI=1S/C24H36N4O4/c1-17-12-26(13-19-7-9-22(31-6)10-8-19)14-21-11-20(25-28(17)21)16-32-15-18(2)27(23(29)30)24(3,4)5/h7-11,17-18H,12-16H2,1-6H3,(H,29,30)/t17?,18-/m0/s1. The van der Waals surface area contributed by atoms with Crippen molar-refractivity contribution in [2.24, 2.45) is 0 Å². The van der Waals surface area contributed by atoms with E-state index >= 15 is 0 Å². The maximum absolute atomic E-state index is 11.6. The van der Waals surface area contributed by atoms with Crippen LogP contribution < -0.4 is 4.74 Å². The Kier molecular flexibility index (Phi) is 7.46. The lowest BCUT2D eigenvalue weighted by atomic mass is 10.0. The molecule has 1 aromatic carbocycles. The zero-order chi connectivity index (χ0) is 23.5. The van der Waals surface area contributed by atoms with Crippen molar-refractivity contribution in [1.29, 1.82) is 0 Å². The summed E-state index contributed by atoms with van der Waals surface area (Å²) in [5.74, 6) is 0.867. The minimum atomic E-state index is -0.933. The number of aromatic nitrogens is 2. The zero-order valence-electron chi connectivity index (χ0n) is 20.0. The van der Waals surface area contributed by atoms with Crippen LogP contribution in [0.25, 0.3) is 0 Å². The first-order valence-corrected chi connectivity index (χ1v) is 11.1. The number of hydrogen-bond acceptors (Lipinski definition) is 5. The Hall–Kier alpha value is -2.58. The quantitative estimate of drug-likeness (QED) is 0.659. The van der Waals surface area contributed by atoms with Crippen molar-refractivity contribution < 1.29 is 19.4 Å². The summed E-state index contributed by atoms with van der Waals surface area (Å²) in [5, 5.41) is 14.3.